The summed E-state index contributed by atoms with van der Waals surface area (Å²) in [6.45, 7) is 15.7. The number of piperazine rings is 1. The Hall–Kier alpha value is -4.87. The monoisotopic (exact) mass is 671 g/mol. The highest BCUT2D eigenvalue weighted by atomic mass is 16.6. The molecule has 1 fully saturated rings. The highest BCUT2D eigenvalue weighted by molar-refractivity contribution is 5.94. The second-order valence-corrected chi connectivity index (χ2v) is 13.8. The van der Waals surface area contributed by atoms with Gasteiger partial charge in [-0.05, 0) is 82.0 Å². The van der Waals surface area contributed by atoms with Gasteiger partial charge in [0.2, 0.25) is 0 Å². The Kier molecular flexibility index (Phi) is 11.3. The van der Waals surface area contributed by atoms with E-state index in [1.54, 1.807) is 30.4 Å². The summed E-state index contributed by atoms with van der Waals surface area (Å²) >= 11 is 0. The van der Waals surface area contributed by atoms with Crippen molar-refractivity contribution in [1.29, 1.82) is 0 Å². The SMILES string of the molecule is CCOc1cccc(Cn2ncc3c(N4CCN(C(=O)c5ccc(OC[C@@H](CC(C)C)N(C)C(=O)OC(C)(C)C)cc5)CC4)ncnc32)c1. The molecule has 4 aromatic rings. The third-order valence-corrected chi connectivity index (χ3v) is 8.34. The van der Waals surface area contributed by atoms with Gasteiger partial charge in [-0.3, -0.25) is 4.79 Å². The van der Waals surface area contributed by atoms with Gasteiger partial charge in [0.1, 0.15) is 35.9 Å². The number of fused-ring (bicyclic) bond motifs is 1. The minimum Gasteiger partial charge on any atom is -0.494 e. The fourth-order valence-corrected chi connectivity index (χ4v) is 5.88. The molecule has 0 radical (unpaired) electrons. The average molecular weight is 672 g/mol. The number of ether oxygens (including phenoxy) is 3. The maximum absolute atomic E-state index is 13.4. The Bertz CT molecular complexity index is 1710. The standard InChI is InChI=1S/C37H49N7O5/c1-8-47-31-11-9-10-27(21-31)23-44-34-32(22-40-44)33(38-25-39-34)42-16-18-43(19-17-42)35(45)28-12-14-30(15-13-28)48-24-29(20-26(2)3)41(7)36(46)49-37(4,5)6/h9-15,21-22,25-26,29H,8,16-20,23-24H2,1-7H3/t29-/m1/s1. The van der Waals surface area contributed by atoms with E-state index in [1.807, 2.05) is 79.9 Å². The highest BCUT2D eigenvalue weighted by Gasteiger charge is 2.27. The number of carbonyl (C=O) groups is 2. The number of aromatic nitrogens is 4. The van der Waals surface area contributed by atoms with Gasteiger partial charge in [0.25, 0.3) is 5.91 Å². The quantitative estimate of drug-likeness (QED) is 0.182. The van der Waals surface area contributed by atoms with Crippen LogP contribution in [-0.4, -0.2) is 99.6 Å². The molecule has 1 aliphatic rings. The van der Waals surface area contributed by atoms with Gasteiger partial charge in [-0.25, -0.2) is 19.4 Å². The number of carbonyl (C=O) groups excluding carboxylic acids is 2. The summed E-state index contributed by atoms with van der Waals surface area (Å²) in [6.07, 6.45) is 3.79. The van der Waals surface area contributed by atoms with Gasteiger partial charge in [-0.2, -0.15) is 5.10 Å². The molecule has 2 aromatic carbocycles. The van der Waals surface area contributed by atoms with Crippen LogP contribution in [0.4, 0.5) is 10.6 Å². The number of rotatable bonds is 12. The zero-order valence-electron chi connectivity index (χ0n) is 29.8. The molecule has 1 saturated heterocycles. The van der Waals surface area contributed by atoms with Gasteiger partial charge in [-0.1, -0.05) is 26.0 Å². The lowest BCUT2D eigenvalue weighted by Gasteiger charge is -2.35. The first-order valence-electron chi connectivity index (χ1n) is 17.0. The van der Waals surface area contributed by atoms with Gasteiger partial charge in [-0.15, -0.1) is 0 Å². The van der Waals surface area contributed by atoms with Gasteiger partial charge in [0, 0.05) is 38.8 Å². The lowest BCUT2D eigenvalue weighted by atomic mass is 10.0. The molecule has 262 valence electrons. The number of hydrogen-bond acceptors (Lipinski definition) is 9. The maximum atomic E-state index is 13.4. The fraction of sp³-hybridized carbons (Fsp3) is 0.486. The van der Waals surface area contributed by atoms with E-state index in [4.69, 9.17) is 14.2 Å². The van der Waals surface area contributed by atoms with Crippen molar-refractivity contribution in [3.05, 3.63) is 72.2 Å². The number of amides is 2. The van der Waals surface area contributed by atoms with E-state index in [1.165, 1.54) is 0 Å². The minimum atomic E-state index is -0.575. The van der Waals surface area contributed by atoms with Crippen LogP contribution in [0.1, 0.15) is 63.9 Å². The predicted octanol–water partition coefficient (Wildman–Crippen LogP) is 5.90. The lowest BCUT2D eigenvalue weighted by molar-refractivity contribution is 0.0153. The van der Waals surface area contributed by atoms with Gasteiger partial charge in [0.15, 0.2) is 5.65 Å². The molecule has 0 spiro atoms. The van der Waals surface area contributed by atoms with Crippen LogP contribution >= 0.6 is 0 Å². The smallest absolute Gasteiger partial charge is 0.410 e. The van der Waals surface area contributed by atoms with E-state index in [9.17, 15) is 9.59 Å². The van der Waals surface area contributed by atoms with Gasteiger partial charge in [0.05, 0.1) is 30.8 Å². The van der Waals surface area contributed by atoms with Crippen LogP contribution in [0.15, 0.2) is 61.1 Å². The third kappa shape index (κ3) is 9.18. The largest absolute Gasteiger partial charge is 0.494 e. The molecule has 3 heterocycles. The van der Waals surface area contributed by atoms with Crippen LogP contribution in [0.5, 0.6) is 11.5 Å². The molecule has 12 heteroatoms. The molecule has 1 aliphatic heterocycles. The molecular formula is C37H49N7O5. The first-order chi connectivity index (χ1) is 23.4. The van der Waals surface area contributed by atoms with Crippen molar-refractivity contribution in [2.45, 2.75) is 66.2 Å². The second-order valence-electron chi connectivity index (χ2n) is 13.8. The van der Waals surface area contributed by atoms with E-state index < -0.39 is 5.60 Å². The summed E-state index contributed by atoms with van der Waals surface area (Å²) in [5.41, 5.74) is 1.86. The van der Waals surface area contributed by atoms with Gasteiger partial charge < -0.3 is 28.9 Å². The average Bonchev–Trinajstić information content (AvgIpc) is 3.48. The summed E-state index contributed by atoms with van der Waals surface area (Å²) in [5, 5.41) is 5.51. The number of anilines is 1. The van der Waals surface area contributed by atoms with E-state index in [2.05, 4.69) is 33.8 Å². The normalized spacial score (nSPS) is 14.2. The number of likely N-dealkylation sites (N-methyl/N-ethyl adjacent to an activating group) is 1. The van der Waals surface area contributed by atoms with Crippen LogP contribution in [-0.2, 0) is 11.3 Å². The first-order valence-corrected chi connectivity index (χ1v) is 17.0. The molecule has 0 unspecified atom stereocenters. The van der Waals surface area contributed by atoms with Gasteiger partial charge >= 0.3 is 6.09 Å². The van der Waals surface area contributed by atoms with Crippen molar-refractivity contribution in [1.82, 2.24) is 29.5 Å². The zero-order valence-corrected chi connectivity index (χ0v) is 29.8. The van der Waals surface area contributed by atoms with Crippen LogP contribution in [0, 0.1) is 5.92 Å². The first kappa shape index (κ1) is 35.4. The Morgan fingerprint density at radius 3 is 2.37 bits per heavy atom. The van der Waals surface area contributed by atoms with E-state index in [0.29, 0.717) is 63.2 Å². The highest BCUT2D eigenvalue weighted by Crippen LogP contribution is 2.26. The third-order valence-electron chi connectivity index (χ3n) is 8.34. The van der Waals surface area contributed by atoms with E-state index in [0.717, 1.165) is 34.6 Å². The summed E-state index contributed by atoms with van der Waals surface area (Å²) in [7, 11) is 1.75. The van der Waals surface area contributed by atoms with E-state index >= 15 is 0 Å². The topological polar surface area (TPSA) is 115 Å². The molecule has 0 N–H and O–H groups in total. The van der Waals surface area contributed by atoms with Crippen LogP contribution in [0.3, 0.4) is 0 Å². The van der Waals surface area contributed by atoms with Crippen molar-refractivity contribution in [2.24, 2.45) is 5.92 Å². The molecule has 2 aromatic heterocycles. The van der Waals surface area contributed by atoms with Crippen molar-refractivity contribution in [3.8, 4) is 11.5 Å². The Balaban J connectivity index is 1.17. The number of nitrogens with zero attached hydrogens (tertiary/aromatic N) is 7. The molecule has 0 aliphatic carbocycles. The molecule has 2 amide bonds. The lowest BCUT2D eigenvalue weighted by Crippen LogP contribution is -2.49. The fourth-order valence-electron chi connectivity index (χ4n) is 5.88. The molecule has 49 heavy (non-hydrogen) atoms. The van der Waals surface area contributed by atoms with Crippen LogP contribution in [0.2, 0.25) is 0 Å². The minimum absolute atomic E-state index is 0.0246. The summed E-state index contributed by atoms with van der Waals surface area (Å²) in [4.78, 5) is 41.0. The number of hydrogen-bond donors (Lipinski definition) is 0. The Morgan fingerprint density at radius 2 is 1.69 bits per heavy atom. The zero-order chi connectivity index (χ0) is 35.1. The maximum Gasteiger partial charge on any atom is 0.410 e. The van der Waals surface area contributed by atoms with Crippen molar-refractivity contribution >= 4 is 28.9 Å². The van der Waals surface area contributed by atoms with E-state index in [-0.39, 0.29) is 18.0 Å². The van der Waals surface area contributed by atoms with Crippen molar-refractivity contribution < 1.29 is 23.8 Å². The summed E-state index contributed by atoms with van der Waals surface area (Å²) in [6, 6.07) is 15.1. The molecule has 12 nitrogen and oxygen atoms in total. The van der Waals surface area contributed by atoms with Crippen molar-refractivity contribution in [2.75, 3.05) is 51.3 Å². The summed E-state index contributed by atoms with van der Waals surface area (Å²) in [5.74, 6) is 2.64. The van der Waals surface area contributed by atoms with Crippen molar-refractivity contribution in [3.63, 3.8) is 0 Å². The molecule has 0 bridgehead atoms. The number of benzene rings is 2. The summed E-state index contributed by atoms with van der Waals surface area (Å²) < 4.78 is 19.2. The molecule has 5 rings (SSSR count). The van der Waals surface area contributed by atoms with Crippen LogP contribution < -0.4 is 14.4 Å². The molecule has 0 saturated carbocycles. The second kappa shape index (κ2) is 15.6. The molecular weight excluding hydrogens is 622 g/mol. The Morgan fingerprint density at radius 1 is 0.959 bits per heavy atom. The Labute approximate surface area is 289 Å². The predicted molar refractivity (Wildman–Crippen MR) is 189 cm³/mol. The molecule has 1 atom stereocenters. The van der Waals surface area contributed by atoms with Crippen LogP contribution in [0.25, 0.3) is 11.0 Å².